The van der Waals surface area contributed by atoms with E-state index in [1.54, 1.807) is 7.05 Å². The highest BCUT2D eigenvalue weighted by atomic mass is 16.8. The molecule has 0 saturated carbocycles. The quantitative estimate of drug-likeness (QED) is 0.289. The minimum Gasteiger partial charge on any atom is -0.444 e. The summed E-state index contributed by atoms with van der Waals surface area (Å²) in [7, 11) is 1.69. The highest BCUT2D eigenvalue weighted by Crippen LogP contribution is 2.43. The molecule has 3 aromatic rings. The number of ether oxygens (including phenoxy) is 6. The van der Waals surface area contributed by atoms with Gasteiger partial charge in [0.1, 0.15) is 29.5 Å². The third kappa shape index (κ3) is 7.38. The van der Waals surface area contributed by atoms with Gasteiger partial charge in [0.25, 0.3) is 0 Å². The van der Waals surface area contributed by atoms with Gasteiger partial charge in [0, 0.05) is 7.05 Å². The van der Waals surface area contributed by atoms with Crippen molar-refractivity contribution in [1.29, 1.82) is 0 Å². The SMILES string of the molecule is CN(C(=O)OC(C)(C)C)C1[C@@H]2OC[C@](COCc3ccccc3)(O2)[C@H](OCc2ccccc2)[C@@H]1OCc1ccccc1. The Morgan fingerprint density at radius 1 is 0.833 bits per heavy atom. The van der Waals surface area contributed by atoms with E-state index < -0.39 is 41.8 Å². The van der Waals surface area contributed by atoms with E-state index >= 15 is 0 Å². The van der Waals surface area contributed by atoms with E-state index in [4.69, 9.17) is 28.4 Å². The van der Waals surface area contributed by atoms with Gasteiger partial charge in [-0.15, -0.1) is 0 Å². The first-order valence-electron chi connectivity index (χ1n) is 14.4. The zero-order valence-corrected chi connectivity index (χ0v) is 24.8. The Balaban J connectivity index is 1.45. The summed E-state index contributed by atoms with van der Waals surface area (Å²) < 4.78 is 38.2. The van der Waals surface area contributed by atoms with E-state index in [1.165, 1.54) is 4.90 Å². The number of hydrogen-bond acceptors (Lipinski definition) is 7. The first-order chi connectivity index (χ1) is 20.2. The van der Waals surface area contributed by atoms with Crippen LogP contribution in [0, 0.1) is 0 Å². The van der Waals surface area contributed by atoms with E-state index in [-0.39, 0.29) is 13.2 Å². The number of rotatable bonds is 11. The fourth-order valence-corrected chi connectivity index (χ4v) is 5.37. The second-order valence-corrected chi connectivity index (χ2v) is 11.9. The fourth-order valence-electron chi connectivity index (χ4n) is 5.37. The Morgan fingerprint density at radius 2 is 1.36 bits per heavy atom. The van der Waals surface area contributed by atoms with Crippen LogP contribution in [-0.4, -0.2) is 67.0 Å². The van der Waals surface area contributed by atoms with Crippen LogP contribution in [-0.2, 0) is 48.2 Å². The lowest BCUT2D eigenvalue weighted by molar-refractivity contribution is -0.275. The van der Waals surface area contributed by atoms with Gasteiger partial charge in [0.2, 0.25) is 0 Å². The predicted molar refractivity (Wildman–Crippen MR) is 157 cm³/mol. The third-order valence-electron chi connectivity index (χ3n) is 7.42. The predicted octanol–water partition coefficient (Wildman–Crippen LogP) is 5.73. The van der Waals surface area contributed by atoms with E-state index in [1.807, 2.05) is 112 Å². The molecule has 2 fully saturated rings. The Hall–Kier alpha value is -3.27. The number of nitrogens with zero attached hydrogens (tertiary/aromatic N) is 1. The molecule has 2 aliphatic rings. The van der Waals surface area contributed by atoms with Crippen molar-refractivity contribution < 1.29 is 33.2 Å². The number of carbonyl (C=O) groups is 1. The molecule has 2 bridgehead atoms. The summed E-state index contributed by atoms with van der Waals surface area (Å²) in [6.45, 7) is 7.04. The molecule has 3 aromatic carbocycles. The smallest absolute Gasteiger partial charge is 0.410 e. The van der Waals surface area contributed by atoms with Gasteiger partial charge in [-0.1, -0.05) is 91.0 Å². The van der Waals surface area contributed by atoms with E-state index in [2.05, 4.69) is 0 Å². The molecule has 1 unspecified atom stereocenters. The number of benzene rings is 3. The first kappa shape index (κ1) is 30.2. The summed E-state index contributed by atoms with van der Waals surface area (Å²) in [4.78, 5) is 14.8. The van der Waals surface area contributed by atoms with Crippen LogP contribution in [0.2, 0.25) is 0 Å². The van der Waals surface area contributed by atoms with Gasteiger partial charge >= 0.3 is 6.09 Å². The second kappa shape index (κ2) is 13.4. The summed E-state index contributed by atoms with van der Waals surface area (Å²) in [5.41, 5.74) is 1.46. The maximum atomic E-state index is 13.3. The molecule has 0 N–H and O–H groups in total. The molecule has 5 rings (SSSR count). The van der Waals surface area contributed by atoms with Crippen LogP contribution < -0.4 is 0 Å². The van der Waals surface area contributed by atoms with Crippen LogP contribution in [0.4, 0.5) is 4.79 Å². The highest BCUT2D eigenvalue weighted by molar-refractivity contribution is 5.68. The highest BCUT2D eigenvalue weighted by Gasteiger charge is 2.63. The molecular formula is C34H41NO7. The van der Waals surface area contributed by atoms with Crippen molar-refractivity contribution in [1.82, 2.24) is 4.90 Å². The topological polar surface area (TPSA) is 75.7 Å². The molecule has 2 aliphatic heterocycles. The minimum atomic E-state index is -0.944. The molecule has 5 atom stereocenters. The van der Waals surface area contributed by atoms with Crippen molar-refractivity contribution in [2.75, 3.05) is 20.3 Å². The molecule has 8 nitrogen and oxygen atoms in total. The van der Waals surface area contributed by atoms with Crippen LogP contribution >= 0.6 is 0 Å². The Kier molecular flexibility index (Phi) is 9.60. The summed E-state index contributed by atoms with van der Waals surface area (Å²) in [5.74, 6) is 0. The van der Waals surface area contributed by atoms with Crippen molar-refractivity contribution in [3.63, 3.8) is 0 Å². The minimum absolute atomic E-state index is 0.228. The zero-order chi connectivity index (χ0) is 29.6. The molecule has 224 valence electrons. The summed E-state index contributed by atoms with van der Waals surface area (Å²) >= 11 is 0. The lowest BCUT2D eigenvalue weighted by Gasteiger charge is -2.48. The lowest BCUT2D eigenvalue weighted by atomic mass is 9.87. The molecule has 0 aliphatic carbocycles. The van der Waals surface area contributed by atoms with Crippen LogP contribution in [0.5, 0.6) is 0 Å². The third-order valence-corrected chi connectivity index (χ3v) is 7.42. The van der Waals surface area contributed by atoms with Gasteiger partial charge in [0.15, 0.2) is 6.29 Å². The Bertz CT molecular complexity index is 1270. The number of hydrogen-bond donors (Lipinski definition) is 0. The van der Waals surface area contributed by atoms with Crippen molar-refractivity contribution in [2.45, 2.75) is 76.3 Å². The van der Waals surface area contributed by atoms with Gasteiger partial charge in [-0.05, 0) is 37.5 Å². The zero-order valence-electron chi connectivity index (χ0n) is 24.8. The van der Waals surface area contributed by atoms with Crippen molar-refractivity contribution in [3.05, 3.63) is 108 Å². The number of carbonyl (C=O) groups excluding carboxylic acids is 1. The second-order valence-electron chi connectivity index (χ2n) is 11.9. The van der Waals surface area contributed by atoms with E-state index in [9.17, 15) is 4.79 Å². The van der Waals surface area contributed by atoms with Crippen molar-refractivity contribution in [3.8, 4) is 0 Å². The summed E-state index contributed by atoms with van der Waals surface area (Å²) in [5, 5.41) is 0. The standard InChI is InChI=1S/C34H41NO7/c1-33(2,3)42-32(36)35(4)28-29(38-21-26-16-10-6-11-17-26)30(39-22-27-18-12-7-13-19-27)34(24-40-31(28)41-34)23-37-20-25-14-8-5-9-15-25/h5-19,28-31H,20-24H2,1-4H3/t28?,29-,30-,31-,34+/m1/s1. The van der Waals surface area contributed by atoms with Crippen LogP contribution in [0.15, 0.2) is 91.0 Å². The van der Waals surface area contributed by atoms with Crippen LogP contribution in [0.25, 0.3) is 0 Å². The average Bonchev–Trinajstić information content (AvgIpc) is 3.36. The van der Waals surface area contributed by atoms with E-state index in [0.29, 0.717) is 19.8 Å². The average molecular weight is 576 g/mol. The van der Waals surface area contributed by atoms with Gasteiger partial charge in [-0.3, -0.25) is 0 Å². The maximum Gasteiger partial charge on any atom is 0.410 e. The molecular weight excluding hydrogens is 534 g/mol. The lowest BCUT2D eigenvalue weighted by Crippen LogP contribution is -2.68. The van der Waals surface area contributed by atoms with Crippen LogP contribution in [0.1, 0.15) is 37.5 Å². The van der Waals surface area contributed by atoms with Gasteiger partial charge in [-0.2, -0.15) is 0 Å². The van der Waals surface area contributed by atoms with Gasteiger partial charge in [0.05, 0.1) is 33.0 Å². The van der Waals surface area contributed by atoms with Gasteiger partial charge < -0.3 is 33.3 Å². The van der Waals surface area contributed by atoms with Crippen molar-refractivity contribution in [2.24, 2.45) is 0 Å². The molecule has 2 saturated heterocycles. The summed E-state index contributed by atoms with van der Waals surface area (Å²) in [6.07, 6.45) is -2.46. The maximum absolute atomic E-state index is 13.3. The monoisotopic (exact) mass is 575 g/mol. The van der Waals surface area contributed by atoms with Crippen molar-refractivity contribution >= 4 is 6.09 Å². The largest absolute Gasteiger partial charge is 0.444 e. The normalized spacial score (nSPS) is 25.2. The van der Waals surface area contributed by atoms with Crippen LogP contribution in [0.3, 0.4) is 0 Å². The molecule has 0 aromatic heterocycles. The Morgan fingerprint density at radius 3 is 1.90 bits per heavy atom. The molecule has 42 heavy (non-hydrogen) atoms. The number of likely N-dealkylation sites (N-methyl/N-ethyl adjacent to an activating group) is 1. The first-order valence-corrected chi connectivity index (χ1v) is 14.4. The van der Waals surface area contributed by atoms with E-state index in [0.717, 1.165) is 16.7 Å². The Labute approximate surface area is 248 Å². The molecule has 2 heterocycles. The number of fused-ring (bicyclic) bond motifs is 2. The molecule has 0 spiro atoms. The van der Waals surface area contributed by atoms with Gasteiger partial charge in [-0.25, -0.2) is 4.79 Å². The molecule has 1 amide bonds. The number of amides is 1. The molecule has 0 radical (unpaired) electrons. The molecule has 8 heteroatoms. The fraction of sp³-hybridized carbons (Fsp3) is 0.441. The summed E-state index contributed by atoms with van der Waals surface area (Å²) in [6, 6.07) is 29.3.